The molecule has 1 aliphatic heterocycles. The lowest BCUT2D eigenvalue weighted by atomic mass is 10.2. The molecule has 11 heteroatoms. The molecule has 0 saturated carbocycles. The smallest absolute Gasteiger partial charge is 0.246 e. The Morgan fingerprint density at radius 2 is 1.82 bits per heavy atom. The van der Waals surface area contributed by atoms with Crippen LogP contribution in [0.5, 0.6) is 5.75 Å². The van der Waals surface area contributed by atoms with Gasteiger partial charge < -0.3 is 9.64 Å². The van der Waals surface area contributed by atoms with Crippen LogP contribution in [0.1, 0.15) is 5.56 Å². The molecule has 0 radical (unpaired) electrons. The summed E-state index contributed by atoms with van der Waals surface area (Å²) in [5.74, 6) is 1.07. The fourth-order valence-corrected chi connectivity index (χ4v) is 5.99. The van der Waals surface area contributed by atoms with Crippen molar-refractivity contribution in [3.05, 3.63) is 65.6 Å². The van der Waals surface area contributed by atoms with Gasteiger partial charge in [-0.15, -0.1) is 0 Å². The Morgan fingerprint density at radius 3 is 2.56 bits per heavy atom. The van der Waals surface area contributed by atoms with E-state index in [1.165, 1.54) is 17.7 Å². The number of piperazine rings is 1. The van der Waals surface area contributed by atoms with E-state index in [0.717, 1.165) is 22.5 Å². The van der Waals surface area contributed by atoms with Crippen molar-refractivity contribution in [2.45, 2.75) is 11.8 Å². The van der Waals surface area contributed by atoms with E-state index in [1.54, 1.807) is 29.1 Å². The molecule has 0 unspecified atom stereocenters. The van der Waals surface area contributed by atoms with Gasteiger partial charge in [0.05, 0.1) is 24.4 Å². The summed E-state index contributed by atoms with van der Waals surface area (Å²) in [6, 6.07) is 12.6. The number of benzene rings is 2. The molecule has 0 bridgehead atoms. The summed E-state index contributed by atoms with van der Waals surface area (Å²) in [6.45, 7) is 3.49. The normalized spacial score (nSPS) is 15.1. The van der Waals surface area contributed by atoms with E-state index >= 15 is 0 Å². The largest absolute Gasteiger partial charge is 0.495 e. The molecular weight excluding hydrogens is 476 g/mol. The Morgan fingerprint density at radius 1 is 1.03 bits per heavy atom. The van der Waals surface area contributed by atoms with Crippen molar-refractivity contribution in [2.24, 2.45) is 0 Å². The number of hydrogen-bond acceptors (Lipinski definition) is 7. The molecule has 2 aromatic heterocycles. The lowest BCUT2D eigenvalue weighted by molar-refractivity contribution is 0.373. The summed E-state index contributed by atoms with van der Waals surface area (Å²) in [4.78, 5) is 11.2. The van der Waals surface area contributed by atoms with Gasteiger partial charge in [-0.05, 0) is 42.8 Å². The molecular formula is C23H23ClN6O3S. The predicted octanol–water partition coefficient (Wildman–Crippen LogP) is 3.30. The third-order valence-electron chi connectivity index (χ3n) is 5.87. The molecule has 1 fully saturated rings. The van der Waals surface area contributed by atoms with Crippen LogP contribution in [-0.2, 0) is 10.0 Å². The number of ether oxygens (including phenoxy) is 1. The van der Waals surface area contributed by atoms with Crippen LogP contribution in [0, 0.1) is 6.92 Å². The summed E-state index contributed by atoms with van der Waals surface area (Å²) in [5.41, 5.74) is 2.32. The van der Waals surface area contributed by atoms with Gasteiger partial charge in [-0.2, -0.15) is 9.40 Å². The fraction of sp³-hybridized carbons (Fsp3) is 0.261. The minimum atomic E-state index is -3.69. The van der Waals surface area contributed by atoms with E-state index in [-0.39, 0.29) is 4.90 Å². The molecule has 1 aliphatic rings. The van der Waals surface area contributed by atoms with Crippen molar-refractivity contribution in [2.75, 3.05) is 38.2 Å². The Kier molecular flexibility index (Phi) is 5.88. The number of hydrogen-bond donors (Lipinski definition) is 0. The SMILES string of the molecule is COc1ccc(C)cc1S(=O)(=O)N1CCN(c2ncnc3c2cnn3-c2cccc(Cl)c2)CC1. The highest BCUT2D eigenvalue weighted by Gasteiger charge is 2.32. The molecule has 34 heavy (non-hydrogen) atoms. The average Bonchev–Trinajstić information content (AvgIpc) is 3.28. The van der Waals surface area contributed by atoms with Gasteiger partial charge >= 0.3 is 0 Å². The summed E-state index contributed by atoms with van der Waals surface area (Å²) in [6.07, 6.45) is 3.23. The quantitative estimate of drug-likeness (QED) is 0.416. The molecule has 9 nitrogen and oxygen atoms in total. The first-order valence-corrected chi connectivity index (χ1v) is 12.5. The second-order valence-electron chi connectivity index (χ2n) is 8.02. The van der Waals surface area contributed by atoms with Crippen molar-refractivity contribution in [1.82, 2.24) is 24.1 Å². The number of rotatable bonds is 5. The van der Waals surface area contributed by atoms with Crippen LogP contribution in [0.3, 0.4) is 0 Å². The number of aryl methyl sites for hydroxylation is 1. The Balaban J connectivity index is 1.40. The van der Waals surface area contributed by atoms with Crippen molar-refractivity contribution >= 4 is 38.5 Å². The van der Waals surface area contributed by atoms with Crippen LogP contribution in [0.15, 0.2) is 59.9 Å². The highest BCUT2D eigenvalue weighted by atomic mass is 35.5. The van der Waals surface area contributed by atoms with Gasteiger partial charge in [0.25, 0.3) is 0 Å². The van der Waals surface area contributed by atoms with Gasteiger partial charge in [0.1, 0.15) is 22.8 Å². The van der Waals surface area contributed by atoms with Crippen molar-refractivity contribution in [3.8, 4) is 11.4 Å². The molecule has 1 saturated heterocycles. The summed E-state index contributed by atoms with van der Waals surface area (Å²) >= 11 is 6.14. The third-order valence-corrected chi connectivity index (χ3v) is 8.03. The summed E-state index contributed by atoms with van der Waals surface area (Å²) in [5, 5.41) is 5.89. The zero-order chi connectivity index (χ0) is 23.9. The second-order valence-corrected chi connectivity index (χ2v) is 10.4. The number of halogens is 1. The van der Waals surface area contributed by atoms with Crippen LogP contribution < -0.4 is 9.64 Å². The van der Waals surface area contributed by atoms with Crippen LogP contribution in [-0.4, -0.2) is 65.8 Å². The Bertz CT molecular complexity index is 1460. The Hall–Kier alpha value is -3.21. The number of fused-ring (bicyclic) bond motifs is 1. The summed E-state index contributed by atoms with van der Waals surface area (Å²) < 4.78 is 35.2. The molecule has 2 aromatic carbocycles. The number of aromatic nitrogens is 4. The number of sulfonamides is 1. The van der Waals surface area contributed by atoms with Crippen molar-refractivity contribution in [1.29, 1.82) is 0 Å². The van der Waals surface area contributed by atoms with E-state index in [1.807, 2.05) is 31.2 Å². The number of methoxy groups -OCH3 is 1. The molecule has 3 heterocycles. The second kappa shape index (κ2) is 8.86. The van der Waals surface area contributed by atoms with E-state index in [9.17, 15) is 8.42 Å². The van der Waals surface area contributed by atoms with E-state index < -0.39 is 10.0 Å². The molecule has 0 spiro atoms. The van der Waals surface area contributed by atoms with E-state index in [0.29, 0.717) is 42.6 Å². The maximum atomic E-state index is 13.3. The topological polar surface area (TPSA) is 93.5 Å². The first kappa shape index (κ1) is 22.6. The molecule has 4 aromatic rings. The first-order valence-electron chi connectivity index (χ1n) is 10.7. The van der Waals surface area contributed by atoms with Gasteiger partial charge in [0.15, 0.2) is 5.65 Å². The monoisotopic (exact) mass is 498 g/mol. The van der Waals surface area contributed by atoms with Crippen LogP contribution in [0.2, 0.25) is 5.02 Å². The Labute approximate surface area is 202 Å². The standard InChI is InChI=1S/C23H23ClN6O3S/c1-16-6-7-20(33-2)21(12-16)34(31,32)29-10-8-28(9-11-29)22-19-14-27-30(23(19)26-15-25-22)18-5-3-4-17(24)13-18/h3-7,12-15H,8-11H2,1-2H3. The van der Waals surface area contributed by atoms with Gasteiger partial charge in [-0.1, -0.05) is 23.7 Å². The summed E-state index contributed by atoms with van der Waals surface area (Å²) in [7, 11) is -2.21. The van der Waals surface area contributed by atoms with Crippen molar-refractivity contribution in [3.63, 3.8) is 0 Å². The van der Waals surface area contributed by atoms with Gasteiger partial charge in [-0.3, -0.25) is 0 Å². The molecule has 176 valence electrons. The van der Waals surface area contributed by atoms with Gasteiger partial charge in [-0.25, -0.2) is 23.1 Å². The fourth-order valence-electron chi connectivity index (χ4n) is 4.15. The zero-order valence-corrected chi connectivity index (χ0v) is 20.3. The van der Waals surface area contributed by atoms with E-state index in [4.69, 9.17) is 16.3 Å². The van der Waals surface area contributed by atoms with Gasteiger partial charge in [0.2, 0.25) is 10.0 Å². The molecule has 5 rings (SSSR count). The van der Waals surface area contributed by atoms with Crippen LogP contribution in [0.4, 0.5) is 5.82 Å². The molecule has 0 aliphatic carbocycles. The van der Waals surface area contributed by atoms with Crippen molar-refractivity contribution < 1.29 is 13.2 Å². The maximum absolute atomic E-state index is 13.3. The van der Waals surface area contributed by atoms with Gasteiger partial charge in [0, 0.05) is 31.2 Å². The first-order chi connectivity index (χ1) is 16.4. The maximum Gasteiger partial charge on any atom is 0.246 e. The lowest BCUT2D eigenvalue weighted by Gasteiger charge is -2.35. The highest BCUT2D eigenvalue weighted by Crippen LogP contribution is 2.30. The third kappa shape index (κ3) is 3.97. The highest BCUT2D eigenvalue weighted by molar-refractivity contribution is 7.89. The van der Waals surface area contributed by atoms with Crippen LogP contribution >= 0.6 is 11.6 Å². The molecule has 0 atom stereocenters. The number of nitrogens with zero attached hydrogens (tertiary/aromatic N) is 6. The zero-order valence-electron chi connectivity index (χ0n) is 18.7. The minimum absolute atomic E-state index is 0.190. The molecule has 0 amide bonds. The van der Waals surface area contributed by atoms with Crippen LogP contribution in [0.25, 0.3) is 16.7 Å². The van der Waals surface area contributed by atoms with E-state index in [2.05, 4.69) is 20.0 Å². The minimum Gasteiger partial charge on any atom is -0.495 e. The average molecular weight is 499 g/mol. The molecule has 0 N–H and O–H groups in total. The predicted molar refractivity (Wildman–Crippen MR) is 130 cm³/mol. The number of anilines is 1. The lowest BCUT2D eigenvalue weighted by Crippen LogP contribution is -2.49.